The molecule has 1 atom stereocenters. The first-order valence-corrected chi connectivity index (χ1v) is 7.92. The van der Waals surface area contributed by atoms with Crippen molar-refractivity contribution in [3.05, 3.63) is 47.7 Å². The van der Waals surface area contributed by atoms with Gasteiger partial charge in [-0.25, -0.2) is 4.98 Å². The van der Waals surface area contributed by atoms with Gasteiger partial charge in [0, 0.05) is 31.6 Å². The number of carbonyl (C=O) groups excluding carboxylic acids is 1. The Labute approximate surface area is 139 Å². The molecule has 4 rings (SSSR count). The standard InChI is InChI=1S/C17H19N5O2/c1-20-10-18-13-8-22(11(9-23)7-15(13)20)17(24)16-12-5-3-4-6-14(12)21(2)19-16/h3-6,10-11,23H,7-9H2,1-2H3/t11-/m0/s1. The topological polar surface area (TPSA) is 76.2 Å². The number of aliphatic hydroxyl groups is 1. The zero-order valence-corrected chi connectivity index (χ0v) is 13.7. The second-order valence-electron chi connectivity index (χ2n) is 6.21. The van der Waals surface area contributed by atoms with Crippen LogP contribution >= 0.6 is 0 Å². The van der Waals surface area contributed by atoms with E-state index in [1.165, 1.54) is 0 Å². The minimum Gasteiger partial charge on any atom is -0.394 e. The van der Waals surface area contributed by atoms with Crippen LogP contribution in [0.3, 0.4) is 0 Å². The summed E-state index contributed by atoms with van der Waals surface area (Å²) in [5, 5.41) is 15.0. The second kappa shape index (κ2) is 5.45. The predicted octanol–water partition coefficient (Wildman–Crippen LogP) is 0.866. The molecule has 0 fully saturated rings. The van der Waals surface area contributed by atoms with E-state index >= 15 is 0 Å². The summed E-state index contributed by atoms with van der Waals surface area (Å²) >= 11 is 0. The largest absolute Gasteiger partial charge is 0.394 e. The molecule has 0 saturated carbocycles. The van der Waals surface area contributed by atoms with Gasteiger partial charge in [0.15, 0.2) is 5.69 Å². The summed E-state index contributed by atoms with van der Waals surface area (Å²) in [6.07, 6.45) is 2.35. The molecule has 7 heteroatoms. The molecule has 1 aliphatic heterocycles. The normalized spacial score (nSPS) is 17.3. The third-order valence-corrected chi connectivity index (χ3v) is 4.77. The summed E-state index contributed by atoms with van der Waals surface area (Å²) < 4.78 is 3.67. The van der Waals surface area contributed by atoms with Crippen molar-refractivity contribution in [2.24, 2.45) is 14.1 Å². The van der Waals surface area contributed by atoms with Gasteiger partial charge in [-0.15, -0.1) is 0 Å². The van der Waals surface area contributed by atoms with Gasteiger partial charge in [0.1, 0.15) is 0 Å². The molecule has 3 heterocycles. The Hall–Kier alpha value is -2.67. The van der Waals surface area contributed by atoms with E-state index in [4.69, 9.17) is 0 Å². The molecule has 0 unspecified atom stereocenters. The number of imidazole rings is 1. The summed E-state index contributed by atoms with van der Waals surface area (Å²) in [4.78, 5) is 19.2. The highest BCUT2D eigenvalue weighted by atomic mass is 16.3. The Morgan fingerprint density at radius 3 is 2.92 bits per heavy atom. The van der Waals surface area contributed by atoms with E-state index in [-0.39, 0.29) is 18.6 Å². The second-order valence-corrected chi connectivity index (χ2v) is 6.21. The van der Waals surface area contributed by atoms with Crippen LogP contribution in [0.25, 0.3) is 10.9 Å². The first kappa shape index (κ1) is 14.9. The number of rotatable bonds is 2. The summed E-state index contributed by atoms with van der Waals surface area (Å²) in [5.74, 6) is -0.165. The van der Waals surface area contributed by atoms with E-state index < -0.39 is 0 Å². The molecule has 1 amide bonds. The molecule has 0 bridgehead atoms. The van der Waals surface area contributed by atoms with Crippen LogP contribution in [0.5, 0.6) is 0 Å². The quantitative estimate of drug-likeness (QED) is 0.758. The Kier molecular flexibility index (Phi) is 3.38. The van der Waals surface area contributed by atoms with E-state index in [0.29, 0.717) is 18.7 Å². The lowest BCUT2D eigenvalue weighted by atomic mass is 10.0. The fourth-order valence-electron chi connectivity index (χ4n) is 3.43. The summed E-state index contributed by atoms with van der Waals surface area (Å²) in [7, 11) is 3.76. The van der Waals surface area contributed by atoms with Crippen LogP contribution in [-0.2, 0) is 27.1 Å². The van der Waals surface area contributed by atoms with E-state index in [0.717, 1.165) is 22.3 Å². The third kappa shape index (κ3) is 2.12. The minimum absolute atomic E-state index is 0.0822. The molecule has 0 spiro atoms. The number of carbonyl (C=O) groups is 1. The molecule has 24 heavy (non-hydrogen) atoms. The van der Waals surface area contributed by atoms with Crippen molar-refractivity contribution in [1.29, 1.82) is 0 Å². The van der Waals surface area contributed by atoms with Gasteiger partial charge in [0.25, 0.3) is 5.91 Å². The maximum Gasteiger partial charge on any atom is 0.275 e. The molecule has 1 aliphatic rings. The van der Waals surface area contributed by atoms with Gasteiger partial charge in [-0.3, -0.25) is 9.48 Å². The van der Waals surface area contributed by atoms with Crippen molar-refractivity contribution in [3.63, 3.8) is 0 Å². The number of hydrogen-bond donors (Lipinski definition) is 1. The van der Waals surface area contributed by atoms with Crippen LogP contribution in [0, 0.1) is 0 Å². The van der Waals surface area contributed by atoms with E-state index in [1.807, 2.05) is 42.9 Å². The summed E-state index contributed by atoms with van der Waals surface area (Å²) in [6, 6.07) is 7.41. The van der Waals surface area contributed by atoms with Crippen molar-refractivity contribution in [3.8, 4) is 0 Å². The van der Waals surface area contributed by atoms with E-state index in [2.05, 4.69) is 10.1 Å². The van der Waals surface area contributed by atoms with Crippen molar-refractivity contribution in [1.82, 2.24) is 24.2 Å². The molecule has 0 aliphatic carbocycles. The number of fused-ring (bicyclic) bond motifs is 2. The minimum atomic E-state index is -0.263. The van der Waals surface area contributed by atoms with Crippen molar-refractivity contribution >= 4 is 16.8 Å². The van der Waals surface area contributed by atoms with Crippen molar-refractivity contribution in [2.75, 3.05) is 6.61 Å². The lowest BCUT2D eigenvalue weighted by Gasteiger charge is -2.34. The Bertz CT molecular complexity index is 926. The van der Waals surface area contributed by atoms with Gasteiger partial charge in [0.05, 0.1) is 36.7 Å². The number of amides is 1. The zero-order valence-electron chi connectivity index (χ0n) is 13.7. The molecule has 1 N–H and O–H groups in total. The SMILES string of the molecule is Cn1cnc2c1C[C@@H](CO)N(C(=O)c1nn(C)c3ccccc13)C2. The van der Waals surface area contributed by atoms with Gasteiger partial charge in [-0.05, 0) is 6.07 Å². The van der Waals surface area contributed by atoms with Gasteiger partial charge >= 0.3 is 0 Å². The van der Waals surface area contributed by atoms with Crippen LogP contribution in [-0.4, -0.2) is 47.9 Å². The summed E-state index contributed by atoms with van der Waals surface area (Å²) in [6.45, 7) is 0.312. The van der Waals surface area contributed by atoms with E-state index in [9.17, 15) is 9.90 Å². The molecule has 1 aromatic carbocycles. The molecule has 7 nitrogen and oxygen atoms in total. The van der Waals surface area contributed by atoms with Crippen LogP contribution in [0.15, 0.2) is 30.6 Å². The fourth-order valence-corrected chi connectivity index (χ4v) is 3.43. The lowest BCUT2D eigenvalue weighted by molar-refractivity contribution is 0.0531. The molecular formula is C17H19N5O2. The van der Waals surface area contributed by atoms with Crippen LogP contribution < -0.4 is 0 Å². The average Bonchev–Trinajstić information content (AvgIpc) is 3.14. The number of hydrogen-bond acceptors (Lipinski definition) is 4. The smallest absolute Gasteiger partial charge is 0.275 e. The number of aryl methyl sites for hydroxylation is 2. The molecule has 0 radical (unpaired) electrons. The first-order chi connectivity index (χ1) is 11.6. The number of aromatic nitrogens is 4. The zero-order chi connectivity index (χ0) is 16.8. The maximum atomic E-state index is 13.1. The lowest BCUT2D eigenvalue weighted by Crippen LogP contribution is -2.46. The van der Waals surface area contributed by atoms with Crippen LogP contribution in [0.4, 0.5) is 0 Å². The Morgan fingerprint density at radius 2 is 2.12 bits per heavy atom. The molecule has 124 valence electrons. The number of para-hydroxylation sites is 1. The predicted molar refractivity (Wildman–Crippen MR) is 88.4 cm³/mol. The highest BCUT2D eigenvalue weighted by Gasteiger charge is 2.34. The van der Waals surface area contributed by atoms with Gasteiger partial charge in [-0.1, -0.05) is 18.2 Å². The fraction of sp³-hybridized carbons (Fsp3) is 0.353. The third-order valence-electron chi connectivity index (χ3n) is 4.77. The van der Waals surface area contributed by atoms with Crippen molar-refractivity contribution in [2.45, 2.75) is 19.0 Å². The van der Waals surface area contributed by atoms with Crippen LogP contribution in [0.1, 0.15) is 21.9 Å². The van der Waals surface area contributed by atoms with Crippen molar-refractivity contribution < 1.29 is 9.90 Å². The highest BCUT2D eigenvalue weighted by molar-refractivity contribution is 6.05. The van der Waals surface area contributed by atoms with E-state index in [1.54, 1.807) is 15.9 Å². The highest BCUT2D eigenvalue weighted by Crippen LogP contribution is 2.26. The molecule has 0 saturated heterocycles. The van der Waals surface area contributed by atoms with Gasteiger partial charge in [-0.2, -0.15) is 5.10 Å². The number of aliphatic hydroxyl groups excluding tert-OH is 1. The van der Waals surface area contributed by atoms with Gasteiger partial charge in [0.2, 0.25) is 0 Å². The van der Waals surface area contributed by atoms with Crippen LogP contribution in [0.2, 0.25) is 0 Å². The van der Waals surface area contributed by atoms with Gasteiger partial charge < -0.3 is 14.6 Å². The number of benzene rings is 1. The molecule has 2 aromatic heterocycles. The number of nitrogens with zero attached hydrogens (tertiary/aromatic N) is 5. The molecular weight excluding hydrogens is 306 g/mol. The maximum absolute atomic E-state index is 13.1. The average molecular weight is 325 g/mol. The summed E-state index contributed by atoms with van der Waals surface area (Å²) in [5.41, 5.74) is 3.29. The Morgan fingerprint density at radius 1 is 1.33 bits per heavy atom. The Balaban J connectivity index is 1.75. The first-order valence-electron chi connectivity index (χ1n) is 7.92. The molecule has 3 aromatic rings. The monoisotopic (exact) mass is 325 g/mol.